The van der Waals surface area contributed by atoms with Gasteiger partial charge in [-0.15, -0.1) is 0 Å². The predicted molar refractivity (Wildman–Crippen MR) is 88.4 cm³/mol. The van der Waals surface area contributed by atoms with Crippen LogP contribution in [0.4, 0.5) is 0 Å². The predicted octanol–water partition coefficient (Wildman–Crippen LogP) is 1.73. The second-order valence-electron chi connectivity index (χ2n) is 6.45. The second-order valence-corrected chi connectivity index (χ2v) is 6.45. The van der Waals surface area contributed by atoms with Gasteiger partial charge in [-0.2, -0.15) is 0 Å². The van der Waals surface area contributed by atoms with Gasteiger partial charge < -0.3 is 23.8 Å². The number of amides is 1. The van der Waals surface area contributed by atoms with Crippen LogP contribution in [0.15, 0.2) is 24.3 Å². The van der Waals surface area contributed by atoms with Crippen molar-refractivity contribution in [3.05, 3.63) is 24.3 Å². The Bertz CT molecular complexity index is 578. The molecule has 2 heterocycles. The van der Waals surface area contributed by atoms with Crippen molar-refractivity contribution in [1.82, 2.24) is 4.90 Å². The van der Waals surface area contributed by atoms with Gasteiger partial charge in [0.05, 0.1) is 19.8 Å². The summed E-state index contributed by atoms with van der Waals surface area (Å²) in [5.74, 6) is 1.20. The highest BCUT2D eigenvalue weighted by molar-refractivity contribution is 5.78. The molecule has 132 valence electrons. The van der Waals surface area contributed by atoms with Gasteiger partial charge in [0.2, 0.25) is 0 Å². The van der Waals surface area contributed by atoms with Gasteiger partial charge >= 0.3 is 0 Å². The number of carbonyl (C=O) groups is 1. The normalized spacial score (nSPS) is 26.1. The quantitative estimate of drug-likeness (QED) is 0.792. The van der Waals surface area contributed by atoms with Crippen molar-refractivity contribution in [2.24, 2.45) is 5.41 Å². The maximum Gasteiger partial charge on any atom is 0.260 e. The minimum atomic E-state index is -0.0763. The second kappa shape index (κ2) is 7.40. The number of hydrogen-bond donors (Lipinski definition) is 0. The Hall–Kier alpha value is -1.79. The van der Waals surface area contributed by atoms with Crippen LogP contribution in [-0.4, -0.2) is 64.0 Å². The summed E-state index contributed by atoms with van der Waals surface area (Å²) < 4.78 is 22.2. The fourth-order valence-electron chi connectivity index (χ4n) is 3.72. The molecule has 0 N–H and O–H groups in total. The number of para-hydroxylation sites is 2. The minimum Gasteiger partial charge on any atom is -0.493 e. The molecule has 6 nitrogen and oxygen atoms in total. The van der Waals surface area contributed by atoms with Gasteiger partial charge in [-0.05, 0) is 25.0 Å². The lowest BCUT2D eigenvalue weighted by Crippen LogP contribution is -2.54. The van der Waals surface area contributed by atoms with Gasteiger partial charge in [-0.1, -0.05) is 12.1 Å². The highest BCUT2D eigenvalue weighted by atomic mass is 16.5. The van der Waals surface area contributed by atoms with Crippen molar-refractivity contribution in [3.63, 3.8) is 0 Å². The van der Waals surface area contributed by atoms with Crippen LogP contribution >= 0.6 is 0 Å². The molecule has 0 unspecified atom stereocenters. The van der Waals surface area contributed by atoms with Gasteiger partial charge in [0, 0.05) is 32.2 Å². The fourth-order valence-corrected chi connectivity index (χ4v) is 3.72. The molecule has 1 amide bonds. The minimum absolute atomic E-state index is 0.00889. The molecule has 2 saturated heterocycles. The summed E-state index contributed by atoms with van der Waals surface area (Å²) in [5.41, 5.74) is -0.0763. The third-order valence-electron chi connectivity index (χ3n) is 4.97. The largest absolute Gasteiger partial charge is 0.493 e. The van der Waals surface area contributed by atoms with Crippen molar-refractivity contribution in [2.75, 3.05) is 47.1 Å². The number of rotatable bonds is 6. The van der Waals surface area contributed by atoms with E-state index < -0.39 is 0 Å². The maximum absolute atomic E-state index is 12.6. The number of piperidine rings is 1. The molecule has 0 aromatic heterocycles. The van der Waals surface area contributed by atoms with Crippen LogP contribution in [-0.2, 0) is 14.3 Å². The molecule has 1 aromatic carbocycles. The number of fused-ring (bicyclic) bond motifs is 1. The smallest absolute Gasteiger partial charge is 0.260 e. The van der Waals surface area contributed by atoms with E-state index in [2.05, 4.69) is 0 Å². The molecule has 0 spiro atoms. The van der Waals surface area contributed by atoms with Crippen molar-refractivity contribution in [2.45, 2.75) is 18.9 Å². The summed E-state index contributed by atoms with van der Waals surface area (Å²) in [7, 11) is 3.29. The van der Waals surface area contributed by atoms with E-state index >= 15 is 0 Å². The van der Waals surface area contributed by atoms with Gasteiger partial charge in [0.15, 0.2) is 18.1 Å². The zero-order valence-electron chi connectivity index (χ0n) is 14.3. The number of hydrogen-bond acceptors (Lipinski definition) is 5. The van der Waals surface area contributed by atoms with Crippen LogP contribution in [0.25, 0.3) is 0 Å². The van der Waals surface area contributed by atoms with Crippen LogP contribution in [0, 0.1) is 5.41 Å². The van der Waals surface area contributed by atoms with Crippen LogP contribution < -0.4 is 9.47 Å². The first-order chi connectivity index (χ1) is 11.7. The Labute approximate surface area is 142 Å². The number of nitrogens with zero attached hydrogens (tertiary/aromatic N) is 1. The molecule has 1 aromatic rings. The van der Waals surface area contributed by atoms with E-state index in [1.54, 1.807) is 20.3 Å². The first-order valence-electron chi connectivity index (χ1n) is 8.33. The molecule has 2 aliphatic rings. The lowest BCUT2D eigenvalue weighted by Gasteiger charge is -2.43. The number of ether oxygens (including phenoxy) is 4. The van der Waals surface area contributed by atoms with E-state index in [1.165, 1.54) is 0 Å². The SMILES string of the molecule is COC[C@]12CCO[C@H]1CCN(C(=O)COc1ccccc1OC)C2. The molecule has 0 radical (unpaired) electrons. The Kier molecular flexibility index (Phi) is 5.26. The molecular weight excluding hydrogens is 310 g/mol. The Morgan fingerprint density at radius 3 is 2.88 bits per heavy atom. The van der Waals surface area contributed by atoms with E-state index in [9.17, 15) is 4.79 Å². The number of likely N-dealkylation sites (tertiary alicyclic amines) is 1. The van der Waals surface area contributed by atoms with Gasteiger partial charge in [-0.25, -0.2) is 0 Å². The third kappa shape index (κ3) is 3.35. The Morgan fingerprint density at radius 2 is 2.12 bits per heavy atom. The maximum atomic E-state index is 12.6. The monoisotopic (exact) mass is 335 g/mol. The summed E-state index contributed by atoms with van der Waals surface area (Å²) in [6.07, 6.45) is 1.98. The van der Waals surface area contributed by atoms with E-state index in [0.29, 0.717) is 31.2 Å². The zero-order valence-corrected chi connectivity index (χ0v) is 14.3. The molecular formula is C18H25NO5. The number of carbonyl (C=O) groups excluding carboxylic acids is 1. The molecule has 0 saturated carbocycles. The topological polar surface area (TPSA) is 57.2 Å². The van der Waals surface area contributed by atoms with Crippen LogP contribution in [0.5, 0.6) is 11.5 Å². The van der Waals surface area contributed by atoms with E-state index in [0.717, 1.165) is 19.4 Å². The molecule has 2 fully saturated rings. The fraction of sp³-hybridized carbons (Fsp3) is 0.611. The summed E-state index contributed by atoms with van der Waals surface area (Å²) in [4.78, 5) is 14.5. The Balaban J connectivity index is 1.61. The van der Waals surface area contributed by atoms with Gasteiger partial charge in [0.1, 0.15) is 0 Å². The lowest BCUT2D eigenvalue weighted by molar-refractivity contribution is -0.141. The molecule has 2 atom stereocenters. The highest BCUT2D eigenvalue weighted by Gasteiger charge is 2.48. The number of benzene rings is 1. The first kappa shape index (κ1) is 17.0. The summed E-state index contributed by atoms with van der Waals surface area (Å²) in [6, 6.07) is 7.34. The molecule has 0 bridgehead atoms. The van der Waals surface area contributed by atoms with Crippen LogP contribution in [0.2, 0.25) is 0 Å². The highest BCUT2D eigenvalue weighted by Crippen LogP contribution is 2.41. The van der Waals surface area contributed by atoms with Crippen LogP contribution in [0.1, 0.15) is 12.8 Å². The summed E-state index contributed by atoms with van der Waals surface area (Å²) in [6.45, 7) is 2.74. The standard InChI is InChI=1S/C18H25NO5/c1-21-13-18-8-10-23-16(18)7-9-19(12-18)17(20)11-24-15-6-4-3-5-14(15)22-2/h3-6,16H,7-13H2,1-2H3/t16-,18+/m0/s1. The van der Waals surface area contributed by atoms with Crippen molar-refractivity contribution in [1.29, 1.82) is 0 Å². The third-order valence-corrected chi connectivity index (χ3v) is 4.97. The Morgan fingerprint density at radius 1 is 1.33 bits per heavy atom. The van der Waals surface area contributed by atoms with E-state index in [-0.39, 0.29) is 24.0 Å². The number of methoxy groups -OCH3 is 2. The zero-order chi connectivity index (χ0) is 17.0. The lowest BCUT2D eigenvalue weighted by atomic mass is 9.77. The average Bonchev–Trinajstić information content (AvgIpc) is 3.02. The average molecular weight is 335 g/mol. The molecule has 2 aliphatic heterocycles. The van der Waals surface area contributed by atoms with E-state index in [4.69, 9.17) is 18.9 Å². The van der Waals surface area contributed by atoms with Crippen molar-refractivity contribution < 1.29 is 23.7 Å². The molecule has 6 heteroatoms. The van der Waals surface area contributed by atoms with Crippen molar-refractivity contribution in [3.8, 4) is 11.5 Å². The first-order valence-corrected chi connectivity index (χ1v) is 8.33. The molecule has 0 aliphatic carbocycles. The van der Waals surface area contributed by atoms with Crippen molar-refractivity contribution >= 4 is 5.91 Å². The molecule has 24 heavy (non-hydrogen) atoms. The van der Waals surface area contributed by atoms with Gasteiger partial charge in [0.25, 0.3) is 5.91 Å². The summed E-state index contributed by atoms with van der Waals surface area (Å²) in [5, 5.41) is 0. The van der Waals surface area contributed by atoms with E-state index in [1.807, 2.05) is 23.1 Å². The summed E-state index contributed by atoms with van der Waals surface area (Å²) >= 11 is 0. The van der Waals surface area contributed by atoms with Crippen LogP contribution in [0.3, 0.4) is 0 Å². The molecule has 3 rings (SSSR count). The van der Waals surface area contributed by atoms with Gasteiger partial charge in [-0.3, -0.25) is 4.79 Å².